The van der Waals surface area contributed by atoms with E-state index in [2.05, 4.69) is 20.8 Å². The molecule has 1 aromatic rings. The number of aromatic hydroxyl groups is 1. The summed E-state index contributed by atoms with van der Waals surface area (Å²) in [6, 6.07) is 1.66. The second-order valence-corrected chi connectivity index (χ2v) is 8.11. The van der Waals surface area contributed by atoms with Gasteiger partial charge in [0.05, 0.1) is 17.8 Å². The van der Waals surface area contributed by atoms with E-state index in [0.29, 0.717) is 24.7 Å². The number of carbonyl (C=O) groups excluding carboxylic acids is 1. The van der Waals surface area contributed by atoms with E-state index in [0.717, 1.165) is 17.5 Å². The summed E-state index contributed by atoms with van der Waals surface area (Å²) in [5.41, 5.74) is 2.13. The molecule has 0 unspecified atom stereocenters. The molecule has 4 heteroatoms. The monoisotopic (exact) mass is 318 g/mol. The molecule has 3 rings (SSSR count). The Labute approximate surface area is 137 Å². The molecule has 0 bridgehead atoms. The first-order chi connectivity index (χ1) is 10.6. The van der Waals surface area contributed by atoms with E-state index in [9.17, 15) is 20.1 Å². The third kappa shape index (κ3) is 2.08. The second-order valence-electron chi connectivity index (χ2n) is 8.11. The number of benzene rings is 1. The molecule has 3 N–H and O–H groups in total. The van der Waals surface area contributed by atoms with Crippen molar-refractivity contribution < 1.29 is 20.1 Å². The average molecular weight is 318 g/mol. The summed E-state index contributed by atoms with van der Waals surface area (Å²) < 4.78 is 0. The Balaban J connectivity index is 2.26. The minimum atomic E-state index is -0.674. The first-order valence-corrected chi connectivity index (χ1v) is 8.32. The highest BCUT2D eigenvalue weighted by Crippen LogP contribution is 2.60. The van der Waals surface area contributed by atoms with Crippen molar-refractivity contribution in [3.05, 3.63) is 28.3 Å². The maximum Gasteiger partial charge on any atom is 0.154 e. The molecule has 1 fully saturated rings. The highest BCUT2D eigenvalue weighted by atomic mass is 16.3. The zero-order chi connectivity index (χ0) is 17.2. The number of aldehydes is 1. The molecule has 23 heavy (non-hydrogen) atoms. The number of carbonyl (C=O) groups is 1. The van der Waals surface area contributed by atoms with Crippen LogP contribution in [0, 0.1) is 18.3 Å². The zero-order valence-electron chi connectivity index (χ0n) is 14.3. The molecule has 0 aromatic heterocycles. The van der Waals surface area contributed by atoms with E-state index < -0.39 is 12.2 Å². The Morgan fingerprint density at radius 2 is 1.91 bits per heavy atom. The van der Waals surface area contributed by atoms with Crippen LogP contribution in [0.25, 0.3) is 0 Å². The van der Waals surface area contributed by atoms with Crippen LogP contribution in [0.4, 0.5) is 0 Å². The van der Waals surface area contributed by atoms with Gasteiger partial charge in [0.15, 0.2) is 6.29 Å². The van der Waals surface area contributed by atoms with E-state index >= 15 is 0 Å². The summed E-state index contributed by atoms with van der Waals surface area (Å²) in [7, 11) is 0. The van der Waals surface area contributed by atoms with Crippen LogP contribution in [0.5, 0.6) is 5.75 Å². The molecule has 0 spiro atoms. The van der Waals surface area contributed by atoms with Gasteiger partial charge < -0.3 is 15.3 Å². The van der Waals surface area contributed by atoms with Crippen molar-refractivity contribution in [1.82, 2.24) is 0 Å². The third-order valence-corrected chi connectivity index (χ3v) is 6.64. The fourth-order valence-corrected chi connectivity index (χ4v) is 5.15. The molecule has 0 saturated heterocycles. The Kier molecular flexibility index (Phi) is 3.62. The second kappa shape index (κ2) is 5.05. The SMILES string of the molecule is Cc1c(C=O)c(O)cc2c1[C@H](O)C[C@H]1C(C)(C)[C@H](O)CC[C@]21C. The normalized spacial score (nSPS) is 35.3. The lowest BCUT2D eigenvalue weighted by Crippen LogP contribution is -2.54. The minimum Gasteiger partial charge on any atom is -0.507 e. The van der Waals surface area contributed by atoms with Crippen LogP contribution in [-0.2, 0) is 5.41 Å². The number of aliphatic hydroxyl groups is 2. The molecule has 1 saturated carbocycles. The molecular formula is C19H26O4. The van der Waals surface area contributed by atoms with Crippen LogP contribution in [0.1, 0.15) is 73.2 Å². The van der Waals surface area contributed by atoms with Gasteiger partial charge in [0.1, 0.15) is 5.75 Å². The van der Waals surface area contributed by atoms with E-state index in [1.54, 1.807) is 13.0 Å². The summed E-state index contributed by atoms with van der Waals surface area (Å²) in [5.74, 6) is 0.0939. The molecule has 0 radical (unpaired) electrons. The van der Waals surface area contributed by atoms with E-state index in [4.69, 9.17) is 0 Å². The van der Waals surface area contributed by atoms with E-state index in [1.807, 2.05) is 0 Å². The van der Waals surface area contributed by atoms with Gasteiger partial charge in [-0.25, -0.2) is 0 Å². The van der Waals surface area contributed by atoms with Crippen molar-refractivity contribution in [3.63, 3.8) is 0 Å². The van der Waals surface area contributed by atoms with Gasteiger partial charge in [-0.15, -0.1) is 0 Å². The molecule has 4 nitrogen and oxygen atoms in total. The summed E-state index contributed by atoms with van der Waals surface area (Å²) >= 11 is 0. The molecule has 0 aliphatic heterocycles. The Morgan fingerprint density at radius 1 is 1.26 bits per heavy atom. The topological polar surface area (TPSA) is 77.8 Å². The highest BCUT2D eigenvalue weighted by molar-refractivity contribution is 5.83. The number of phenols is 1. The standard InChI is InChI=1S/C19H26O4/c1-10-11(9-20)13(21)7-12-17(10)14(22)8-15-18(2,3)16(23)5-6-19(12,15)4/h7,9,14-16,21-23H,5-6,8H2,1-4H3/t14-,15+,16-,19-/m1/s1. The molecule has 2 aliphatic rings. The van der Waals surface area contributed by atoms with Gasteiger partial charge in [-0.3, -0.25) is 4.79 Å². The quantitative estimate of drug-likeness (QED) is 0.696. The lowest BCUT2D eigenvalue weighted by Gasteiger charge is -2.57. The Morgan fingerprint density at radius 3 is 2.52 bits per heavy atom. The number of phenolic OH excluding ortho intramolecular Hbond substituents is 1. The summed E-state index contributed by atoms with van der Waals surface area (Å²) in [4.78, 5) is 11.3. The fourth-order valence-electron chi connectivity index (χ4n) is 5.15. The van der Waals surface area contributed by atoms with Gasteiger partial charge in [0.25, 0.3) is 0 Å². The van der Waals surface area contributed by atoms with Gasteiger partial charge in [-0.1, -0.05) is 20.8 Å². The lowest BCUT2D eigenvalue weighted by molar-refractivity contribution is -0.0901. The molecule has 2 aliphatic carbocycles. The maximum absolute atomic E-state index is 11.3. The van der Waals surface area contributed by atoms with Crippen molar-refractivity contribution in [2.75, 3.05) is 0 Å². The molecule has 0 heterocycles. The van der Waals surface area contributed by atoms with Crippen LogP contribution >= 0.6 is 0 Å². The molecule has 0 amide bonds. The molecule has 4 atom stereocenters. The highest BCUT2D eigenvalue weighted by Gasteiger charge is 2.55. The predicted molar refractivity (Wildman–Crippen MR) is 87.7 cm³/mol. The van der Waals surface area contributed by atoms with Crippen LogP contribution in [-0.4, -0.2) is 27.7 Å². The molecular weight excluding hydrogens is 292 g/mol. The van der Waals surface area contributed by atoms with Gasteiger partial charge in [0.2, 0.25) is 0 Å². The van der Waals surface area contributed by atoms with Crippen LogP contribution < -0.4 is 0 Å². The summed E-state index contributed by atoms with van der Waals surface area (Å²) in [6.45, 7) is 8.07. The zero-order valence-corrected chi connectivity index (χ0v) is 14.3. The number of hydrogen-bond donors (Lipinski definition) is 3. The molecule has 126 valence electrons. The Bertz CT molecular complexity index is 664. The number of hydrogen-bond acceptors (Lipinski definition) is 4. The van der Waals surface area contributed by atoms with Gasteiger partial charge in [-0.2, -0.15) is 0 Å². The van der Waals surface area contributed by atoms with Crippen LogP contribution in [0.2, 0.25) is 0 Å². The van der Waals surface area contributed by atoms with E-state index in [-0.39, 0.29) is 28.1 Å². The third-order valence-electron chi connectivity index (χ3n) is 6.64. The average Bonchev–Trinajstić information content (AvgIpc) is 2.47. The number of aliphatic hydroxyl groups excluding tert-OH is 2. The van der Waals surface area contributed by atoms with Gasteiger partial charge in [-0.05, 0) is 65.7 Å². The minimum absolute atomic E-state index is 0.0192. The van der Waals surface area contributed by atoms with Gasteiger partial charge in [0, 0.05) is 0 Å². The predicted octanol–water partition coefficient (Wildman–Crippen LogP) is 3.01. The van der Waals surface area contributed by atoms with Crippen molar-refractivity contribution >= 4 is 6.29 Å². The van der Waals surface area contributed by atoms with Crippen molar-refractivity contribution in [3.8, 4) is 5.75 Å². The smallest absolute Gasteiger partial charge is 0.154 e. The fraction of sp³-hybridized carbons (Fsp3) is 0.632. The maximum atomic E-state index is 11.3. The van der Waals surface area contributed by atoms with Crippen molar-refractivity contribution in [2.45, 2.75) is 64.6 Å². The van der Waals surface area contributed by atoms with Crippen molar-refractivity contribution in [1.29, 1.82) is 0 Å². The number of fused-ring (bicyclic) bond motifs is 3. The van der Waals surface area contributed by atoms with Gasteiger partial charge >= 0.3 is 0 Å². The number of rotatable bonds is 1. The summed E-state index contributed by atoms with van der Waals surface area (Å²) in [5, 5.41) is 31.4. The van der Waals surface area contributed by atoms with Crippen molar-refractivity contribution in [2.24, 2.45) is 11.3 Å². The first-order valence-electron chi connectivity index (χ1n) is 8.32. The lowest BCUT2D eigenvalue weighted by atomic mass is 9.49. The Hall–Kier alpha value is -1.39. The van der Waals surface area contributed by atoms with Crippen LogP contribution in [0.3, 0.4) is 0 Å². The largest absolute Gasteiger partial charge is 0.507 e. The summed E-state index contributed by atoms with van der Waals surface area (Å²) in [6.07, 6.45) is 1.66. The molecule has 1 aromatic carbocycles. The van der Waals surface area contributed by atoms with Crippen LogP contribution in [0.15, 0.2) is 6.07 Å². The first kappa shape index (κ1) is 16.5. The van der Waals surface area contributed by atoms with E-state index in [1.165, 1.54) is 0 Å².